The van der Waals surface area contributed by atoms with Crippen LogP contribution in [-0.4, -0.2) is 19.0 Å². The van der Waals surface area contributed by atoms with E-state index in [1.165, 1.54) is 31.3 Å². The lowest BCUT2D eigenvalue weighted by Crippen LogP contribution is -2.25. The first kappa shape index (κ1) is 10.0. The van der Waals surface area contributed by atoms with Gasteiger partial charge in [0.25, 0.3) is 0 Å². The molecule has 0 aliphatic heterocycles. The van der Waals surface area contributed by atoms with Crippen molar-refractivity contribution in [2.75, 3.05) is 12.4 Å². The minimum absolute atomic E-state index is 0.0763. The van der Waals surface area contributed by atoms with Gasteiger partial charge in [0.15, 0.2) is 0 Å². The van der Waals surface area contributed by atoms with Crippen LogP contribution in [0.2, 0.25) is 0 Å². The van der Waals surface area contributed by atoms with Gasteiger partial charge in [0.05, 0.1) is 5.97 Å². The van der Waals surface area contributed by atoms with Crippen molar-refractivity contribution in [3.8, 4) is 0 Å². The van der Waals surface area contributed by atoms with Gasteiger partial charge in [-0.25, -0.2) is 4.79 Å². The maximum Gasteiger partial charge on any atom is 0.318 e. The van der Waals surface area contributed by atoms with Gasteiger partial charge in [-0.3, -0.25) is 0 Å². The number of carbonyl (C=O) groups is 2. The number of aromatic carboxylic acids is 1. The molecule has 0 fully saturated rings. The number of amides is 2. The SMILES string of the molecule is CNC(=O)Nc1ccc(C(=O)[O-])cc1. The summed E-state index contributed by atoms with van der Waals surface area (Å²) in [6.45, 7) is 0. The van der Waals surface area contributed by atoms with E-state index in [0.717, 1.165) is 0 Å². The molecule has 1 rings (SSSR count). The van der Waals surface area contributed by atoms with Crippen LogP contribution in [0.25, 0.3) is 0 Å². The highest BCUT2D eigenvalue weighted by atomic mass is 16.4. The molecule has 0 radical (unpaired) electrons. The van der Waals surface area contributed by atoms with Crippen molar-refractivity contribution in [1.29, 1.82) is 0 Å². The van der Waals surface area contributed by atoms with Crippen LogP contribution in [-0.2, 0) is 0 Å². The molecule has 0 saturated carbocycles. The van der Waals surface area contributed by atoms with Gasteiger partial charge in [-0.2, -0.15) is 0 Å². The van der Waals surface area contributed by atoms with Crippen molar-refractivity contribution in [3.05, 3.63) is 29.8 Å². The predicted molar refractivity (Wildman–Crippen MR) is 48.9 cm³/mol. The van der Waals surface area contributed by atoms with Crippen LogP contribution in [0.3, 0.4) is 0 Å². The normalized spacial score (nSPS) is 9.21. The Labute approximate surface area is 80.7 Å². The average Bonchev–Trinajstić information content (AvgIpc) is 2.18. The topological polar surface area (TPSA) is 81.3 Å². The standard InChI is InChI=1S/C9H10N2O3/c1-10-9(14)11-7-4-2-6(3-5-7)8(12)13/h2-5H,1H3,(H,12,13)(H2,10,11,14)/p-1. The first-order valence-electron chi connectivity index (χ1n) is 3.93. The highest BCUT2D eigenvalue weighted by molar-refractivity contribution is 5.90. The van der Waals surface area contributed by atoms with Gasteiger partial charge in [-0.15, -0.1) is 0 Å². The van der Waals surface area contributed by atoms with E-state index in [9.17, 15) is 14.7 Å². The Morgan fingerprint density at radius 1 is 1.21 bits per heavy atom. The van der Waals surface area contributed by atoms with Crippen molar-refractivity contribution in [3.63, 3.8) is 0 Å². The summed E-state index contributed by atoms with van der Waals surface area (Å²) in [5.41, 5.74) is 0.599. The molecule has 1 aromatic rings. The number of nitrogens with one attached hydrogen (secondary N) is 2. The Morgan fingerprint density at radius 3 is 2.21 bits per heavy atom. The van der Waals surface area contributed by atoms with Crippen molar-refractivity contribution < 1.29 is 14.7 Å². The van der Waals surface area contributed by atoms with Gasteiger partial charge in [0.2, 0.25) is 0 Å². The predicted octanol–water partition coefficient (Wildman–Crippen LogP) is -0.199. The number of anilines is 1. The molecule has 14 heavy (non-hydrogen) atoms. The number of benzene rings is 1. The van der Waals surface area contributed by atoms with E-state index in [0.29, 0.717) is 5.69 Å². The summed E-state index contributed by atoms with van der Waals surface area (Å²) < 4.78 is 0. The van der Waals surface area contributed by atoms with E-state index in [1.54, 1.807) is 0 Å². The second kappa shape index (κ2) is 4.27. The summed E-state index contributed by atoms with van der Waals surface area (Å²) >= 11 is 0. The van der Waals surface area contributed by atoms with E-state index < -0.39 is 5.97 Å². The fourth-order valence-electron chi connectivity index (χ4n) is 0.883. The molecule has 0 bridgehead atoms. The molecule has 0 saturated heterocycles. The zero-order valence-electron chi connectivity index (χ0n) is 7.53. The number of urea groups is 1. The monoisotopic (exact) mass is 193 g/mol. The number of hydrogen-bond donors (Lipinski definition) is 2. The van der Waals surface area contributed by atoms with Crippen LogP contribution in [0.15, 0.2) is 24.3 Å². The molecule has 1 aromatic carbocycles. The number of hydrogen-bond acceptors (Lipinski definition) is 3. The minimum Gasteiger partial charge on any atom is -0.545 e. The number of rotatable bonds is 2. The van der Waals surface area contributed by atoms with Crippen molar-refractivity contribution >= 4 is 17.7 Å². The molecule has 74 valence electrons. The third-order valence-corrected chi connectivity index (χ3v) is 1.61. The Hall–Kier alpha value is -2.04. The zero-order chi connectivity index (χ0) is 10.6. The molecule has 2 N–H and O–H groups in total. The lowest BCUT2D eigenvalue weighted by Gasteiger charge is -2.05. The summed E-state index contributed by atoms with van der Waals surface area (Å²) in [6, 6.07) is 5.34. The Morgan fingerprint density at radius 2 is 1.79 bits per heavy atom. The average molecular weight is 193 g/mol. The van der Waals surface area contributed by atoms with Crippen molar-refractivity contribution in [2.45, 2.75) is 0 Å². The van der Waals surface area contributed by atoms with Crippen LogP contribution >= 0.6 is 0 Å². The Kier molecular flexibility index (Phi) is 3.06. The summed E-state index contributed by atoms with van der Waals surface area (Å²) in [7, 11) is 1.49. The van der Waals surface area contributed by atoms with Crippen LogP contribution in [0.4, 0.5) is 10.5 Å². The fourth-order valence-corrected chi connectivity index (χ4v) is 0.883. The highest BCUT2D eigenvalue weighted by Gasteiger charge is 1.98. The smallest absolute Gasteiger partial charge is 0.318 e. The van der Waals surface area contributed by atoms with Crippen LogP contribution in [0, 0.1) is 0 Å². The molecule has 2 amide bonds. The molecular formula is C9H9N2O3-. The Balaban J connectivity index is 2.73. The molecule has 0 spiro atoms. The lowest BCUT2D eigenvalue weighted by molar-refractivity contribution is -0.255. The Bertz CT molecular complexity index is 346. The third-order valence-electron chi connectivity index (χ3n) is 1.61. The van der Waals surface area contributed by atoms with Crippen LogP contribution in [0.1, 0.15) is 10.4 Å². The van der Waals surface area contributed by atoms with Gasteiger partial charge in [-0.05, 0) is 17.7 Å². The van der Waals surface area contributed by atoms with Gasteiger partial charge in [0, 0.05) is 12.7 Å². The first-order chi connectivity index (χ1) is 6.63. The van der Waals surface area contributed by atoms with Gasteiger partial charge < -0.3 is 20.5 Å². The van der Waals surface area contributed by atoms with Crippen LogP contribution in [0.5, 0.6) is 0 Å². The van der Waals surface area contributed by atoms with E-state index in [2.05, 4.69) is 10.6 Å². The zero-order valence-corrected chi connectivity index (χ0v) is 7.53. The maximum atomic E-state index is 10.8. The largest absolute Gasteiger partial charge is 0.545 e. The van der Waals surface area contributed by atoms with Crippen molar-refractivity contribution in [2.24, 2.45) is 0 Å². The van der Waals surface area contributed by atoms with E-state index in [4.69, 9.17) is 0 Å². The lowest BCUT2D eigenvalue weighted by atomic mass is 10.2. The van der Waals surface area contributed by atoms with E-state index in [1.807, 2.05) is 0 Å². The van der Waals surface area contributed by atoms with Crippen molar-refractivity contribution in [1.82, 2.24) is 5.32 Å². The molecule has 5 heteroatoms. The highest BCUT2D eigenvalue weighted by Crippen LogP contribution is 2.08. The molecular weight excluding hydrogens is 184 g/mol. The number of carboxylic acids is 1. The molecule has 5 nitrogen and oxygen atoms in total. The van der Waals surface area contributed by atoms with Gasteiger partial charge >= 0.3 is 6.03 Å². The van der Waals surface area contributed by atoms with Gasteiger partial charge in [0.1, 0.15) is 0 Å². The van der Waals surface area contributed by atoms with E-state index >= 15 is 0 Å². The van der Waals surface area contributed by atoms with Gasteiger partial charge in [-0.1, -0.05) is 12.1 Å². The summed E-state index contributed by atoms with van der Waals surface area (Å²) in [4.78, 5) is 21.2. The summed E-state index contributed by atoms with van der Waals surface area (Å²) in [6.07, 6.45) is 0. The molecule has 0 unspecified atom stereocenters. The summed E-state index contributed by atoms with van der Waals surface area (Å²) in [5.74, 6) is -1.24. The minimum atomic E-state index is -1.24. The van der Waals surface area contributed by atoms with Crippen LogP contribution < -0.4 is 15.7 Å². The molecule has 0 atom stereocenters. The molecule has 0 aromatic heterocycles. The molecule has 0 aliphatic rings. The third kappa shape index (κ3) is 2.48. The van der Waals surface area contributed by atoms with E-state index in [-0.39, 0.29) is 11.6 Å². The number of carbonyl (C=O) groups excluding carboxylic acids is 2. The first-order valence-corrected chi connectivity index (χ1v) is 3.93. The number of carboxylic acid groups (broad SMARTS) is 1. The second-order valence-electron chi connectivity index (χ2n) is 2.57. The quantitative estimate of drug-likeness (QED) is 0.682. The second-order valence-corrected chi connectivity index (χ2v) is 2.57. The fraction of sp³-hybridized carbons (Fsp3) is 0.111. The maximum absolute atomic E-state index is 10.8. The molecule has 0 heterocycles. The summed E-state index contributed by atoms with van der Waals surface area (Å²) in [5, 5.41) is 15.2. The molecule has 0 aliphatic carbocycles.